The Hall–Kier alpha value is -2.19. The van der Waals surface area contributed by atoms with Gasteiger partial charge in [0.15, 0.2) is 17.2 Å². The van der Waals surface area contributed by atoms with Crippen LogP contribution in [-0.2, 0) is 12.6 Å². The molecule has 2 aromatic rings. The lowest BCUT2D eigenvalue weighted by molar-refractivity contribution is -0.141. The number of rotatable bonds is 2. The third kappa shape index (κ3) is 1.98. The number of hydrogen-bond acceptors (Lipinski definition) is 4. The number of halogens is 3. The molecule has 0 bridgehead atoms. The summed E-state index contributed by atoms with van der Waals surface area (Å²) in [5, 5.41) is 12.6. The lowest BCUT2D eigenvalue weighted by Gasteiger charge is -2.06. The first-order valence-electron chi connectivity index (χ1n) is 4.90. The van der Waals surface area contributed by atoms with E-state index in [1.807, 2.05) is 0 Å². The normalized spacial score (nSPS) is 12.0. The lowest BCUT2D eigenvalue weighted by atomic mass is 10.3. The molecule has 2 aromatic heterocycles. The van der Waals surface area contributed by atoms with Gasteiger partial charge in [-0.15, -0.1) is 5.10 Å². The fourth-order valence-corrected chi connectivity index (χ4v) is 1.36. The summed E-state index contributed by atoms with van der Waals surface area (Å²) in [6.45, 7) is 1.69. The fraction of sp³-hybridized carbons (Fsp3) is 0.333. The second kappa shape index (κ2) is 3.93. The molecule has 0 aliphatic carbocycles. The van der Waals surface area contributed by atoms with Gasteiger partial charge in [0.2, 0.25) is 0 Å². The van der Waals surface area contributed by atoms with E-state index in [1.165, 1.54) is 0 Å². The van der Waals surface area contributed by atoms with Gasteiger partial charge in [0.05, 0.1) is 0 Å². The molecule has 96 valence electrons. The molecule has 0 saturated heterocycles. The third-order valence-corrected chi connectivity index (χ3v) is 2.18. The van der Waals surface area contributed by atoms with Crippen LogP contribution in [0.15, 0.2) is 6.07 Å². The molecule has 0 amide bonds. The Balaban J connectivity index is 2.76. The summed E-state index contributed by atoms with van der Waals surface area (Å²) >= 11 is 0. The van der Waals surface area contributed by atoms with Crippen molar-refractivity contribution in [2.75, 3.05) is 0 Å². The van der Waals surface area contributed by atoms with Crippen LogP contribution in [0.2, 0.25) is 0 Å². The third-order valence-electron chi connectivity index (χ3n) is 2.18. The first-order valence-corrected chi connectivity index (χ1v) is 4.90. The van der Waals surface area contributed by atoms with Crippen LogP contribution in [0.3, 0.4) is 0 Å². The highest BCUT2D eigenvalue weighted by Gasteiger charge is 2.34. The summed E-state index contributed by atoms with van der Waals surface area (Å²) in [6, 6.07) is 0.434. The van der Waals surface area contributed by atoms with Gasteiger partial charge in [-0.05, 0) is 0 Å². The maximum Gasteiger partial charge on any atom is 0.433 e. The van der Waals surface area contributed by atoms with Crippen LogP contribution in [-0.4, -0.2) is 30.7 Å². The Kier molecular flexibility index (Phi) is 2.68. The van der Waals surface area contributed by atoms with Gasteiger partial charge in [-0.1, -0.05) is 6.92 Å². The Labute approximate surface area is 98.1 Å². The first-order chi connectivity index (χ1) is 8.32. The molecule has 6 nitrogen and oxygen atoms in total. The molecular weight excluding hydrogens is 253 g/mol. The summed E-state index contributed by atoms with van der Waals surface area (Å²) in [5.41, 5.74) is -1.93. The first kappa shape index (κ1) is 12.3. The van der Waals surface area contributed by atoms with Crippen molar-refractivity contribution in [2.24, 2.45) is 0 Å². The average Bonchev–Trinajstić information content (AvgIpc) is 2.68. The number of nitrogens with zero attached hydrogens (tertiary/aromatic N) is 4. The average molecular weight is 260 g/mol. The highest BCUT2D eigenvalue weighted by molar-refractivity contribution is 5.86. The molecule has 2 rings (SSSR count). The van der Waals surface area contributed by atoms with Gasteiger partial charge < -0.3 is 5.11 Å². The number of aromatic nitrogens is 4. The Bertz CT molecular complexity index is 620. The van der Waals surface area contributed by atoms with E-state index in [1.54, 1.807) is 6.92 Å². The van der Waals surface area contributed by atoms with Crippen molar-refractivity contribution >= 4 is 11.7 Å². The van der Waals surface area contributed by atoms with Crippen LogP contribution in [0.5, 0.6) is 0 Å². The largest absolute Gasteiger partial charge is 0.477 e. The Morgan fingerprint density at radius 3 is 2.61 bits per heavy atom. The molecule has 0 radical (unpaired) electrons. The lowest BCUT2D eigenvalue weighted by Crippen LogP contribution is -2.15. The van der Waals surface area contributed by atoms with Gasteiger partial charge in [0, 0.05) is 12.5 Å². The molecule has 0 aliphatic rings. The summed E-state index contributed by atoms with van der Waals surface area (Å²) < 4.78 is 38.4. The molecule has 0 atom stereocenters. The van der Waals surface area contributed by atoms with Crippen molar-refractivity contribution < 1.29 is 23.1 Å². The fourth-order valence-electron chi connectivity index (χ4n) is 1.36. The predicted molar refractivity (Wildman–Crippen MR) is 52.1 cm³/mol. The number of carboxylic acid groups (broad SMARTS) is 1. The van der Waals surface area contributed by atoms with Crippen LogP contribution in [0.1, 0.15) is 28.9 Å². The Morgan fingerprint density at radius 1 is 1.44 bits per heavy atom. The van der Waals surface area contributed by atoms with Gasteiger partial charge in [0.1, 0.15) is 0 Å². The number of fused-ring (bicyclic) bond motifs is 1. The molecule has 0 saturated carbocycles. The molecule has 2 heterocycles. The molecule has 9 heteroatoms. The minimum Gasteiger partial charge on any atom is -0.477 e. The maximum atomic E-state index is 12.5. The van der Waals surface area contributed by atoms with Gasteiger partial charge in [-0.2, -0.15) is 22.7 Å². The highest BCUT2D eigenvalue weighted by Crippen LogP contribution is 2.28. The number of hydrogen-bond donors (Lipinski definition) is 1. The zero-order valence-corrected chi connectivity index (χ0v) is 9.06. The van der Waals surface area contributed by atoms with Crippen LogP contribution in [0, 0.1) is 0 Å². The molecular formula is C9H7F3N4O2. The van der Waals surface area contributed by atoms with Gasteiger partial charge >= 0.3 is 12.1 Å². The Morgan fingerprint density at radius 2 is 2.11 bits per heavy atom. The molecule has 0 fully saturated rings. The van der Waals surface area contributed by atoms with E-state index in [4.69, 9.17) is 5.11 Å². The van der Waals surface area contributed by atoms with E-state index in [2.05, 4.69) is 15.1 Å². The van der Waals surface area contributed by atoms with Crippen LogP contribution in [0.4, 0.5) is 13.2 Å². The van der Waals surface area contributed by atoms with Crippen molar-refractivity contribution in [2.45, 2.75) is 19.5 Å². The van der Waals surface area contributed by atoms with Crippen molar-refractivity contribution in [3.63, 3.8) is 0 Å². The molecule has 0 aliphatic heterocycles. The van der Waals surface area contributed by atoms with Crippen LogP contribution >= 0.6 is 0 Å². The topological polar surface area (TPSA) is 80.4 Å². The predicted octanol–water partition coefficient (Wildman–Crippen LogP) is 1.40. The minimum absolute atomic E-state index is 0.226. The number of alkyl halides is 3. The molecule has 18 heavy (non-hydrogen) atoms. The summed E-state index contributed by atoms with van der Waals surface area (Å²) in [6.07, 6.45) is -4.37. The maximum absolute atomic E-state index is 12.5. The van der Waals surface area contributed by atoms with E-state index in [9.17, 15) is 18.0 Å². The van der Waals surface area contributed by atoms with Crippen LogP contribution in [0.25, 0.3) is 5.78 Å². The summed E-state index contributed by atoms with van der Waals surface area (Å²) in [4.78, 5) is 17.9. The molecule has 0 spiro atoms. The number of aryl methyl sites for hydroxylation is 1. The van der Waals surface area contributed by atoms with Crippen molar-refractivity contribution in [3.05, 3.63) is 23.3 Å². The van der Waals surface area contributed by atoms with E-state index < -0.39 is 23.5 Å². The quantitative estimate of drug-likeness (QED) is 0.882. The van der Waals surface area contributed by atoms with Crippen LogP contribution < -0.4 is 0 Å². The minimum atomic E-state index is -4.73. The van der Waals surface area contributed by atoms with E-state index in [0.717, 1.165) is 4.52 Å². The highest BCUT2D eigenvalue weighted by atomic mass is 19.4. The van der Waals surface area contributed by atoms with Crippen molar-refractivity contribution in [3.8, 4) is 0 Å². The van der Waals surface area contributed by atoms with Gasteiger partial charge in [0.25, 0.3) is 5.78 Å². The number of carboxylic acids is 1. The van der Waals surface area contributed by atoms with E-state index in [-0.39, 0.29) is 11.6 Å². The van der Waals surface area contributed by atoms with Gasteiger partial charge in [-0.25, -0.2) is 9.78 Å². The zero-order valence-electron chi connectivity index (χ0n) is 9.06. The van der Waals surface area contributed by atoms with E-state index in [0.29, 0.717) is 12.5 Å². The van der Waals surface area contributed by atoms with Crippen molar-refractivity contribution in [1.82, 2.24) is 19.6 Å². The second-order valence-electron chi connectivity index (χ2n) is 3.42. The standard InChI is InChI=1S/C9H7F3N4O2/c1-2-6-14-8-13-5(9(10,11)12)3-4(7(17)18)16(8)15-6/h3H,2H2,1H3,(H,17,18). The van der Waals surface area contributed by atoms with E-state index >= 15 is 0 Å². The molecule has 0 unspecified atom stereocenters. The number of carbonyl (C=O) groups is 1. The summed E-state index contributed by atoms with van der Waals surface area (Å²) in [5.74, 6) is -1.68. The zero-order chi connectivity index (χ0) is 13.5. The molecule has 1 N–H and O–H groups in total. The monoisotopic (exact) mass is 260 g/mol. The van der Waals surface area contributed by atoms with Crippen molar-refractivity contribution in [1.29, 1.82) is 0 Å². The number of aromatic carboxylic acids is 1. The van der Waals surface area contributed by atoms with Gasteiger partial charge in [-0.3, -0.25) is 0 Å². The molecule has 0 aromatic carbocycles. The second-order valence-corrected chi connectivity index (χ2v) is 3.42. The smallest absolute Gasteiger partial charge is 0.433 e. The summed E-state index contributed by atoms with van der Waals surface area (Å²) in [7, 11) is 0. The SMILES string of the molecule is CCc1nc2nc(C(F)(F)F)cc(C(=O)O)n2n1.